The molecule has 0 heterocycles. The summed E-state index contributed by atoms with van der Waals surface area (Å²) in [7, 11) is 1.56. The van der Waals surface area contributed by atoms with Crippen LogP contribution in [-0.2, 0) is 20.7 Å². The van der Waals surface area contributed by atoms with E-state index in [0.717, 1.165) is 5.56 Å². The quantitative estimate of drug-likeness (QED) is 0.464. The zero-order valence-electron chi connectivity index (χ0n) is 11.6. The molecule has 0 aliphatic heterocycles. The van der Waals surface area contributed by atoms with E-state index in [-0.39, 0.29) is 18.4 Å². The Morgan fingerprint density at radius 3 is 2.75 bits per heavy atom. The maximum atomic E-state index is 11.6. The number of aryl methyl sites for hydroxylation is 1. The molecule has 6 nitrogen and oxygen atoms in total. The fraction of sp³-hybridized carbons (Fsp3) is 0.429. The van der Waals surface area contributed by atoms with Gasteiger partial charge in [0.25, 0.3) is 0 Å². The number of ether oxygens (including phenoxy) is 1. The number of amides is 2. The number of hydrogen-bond acceptors (Lipinski definition) is 4. The maximum absolute atomic E-state index is 11.6. The molecule has 0 aliphatic rings. The molecule has 0 radical (unpaired) electrons. The monoisotopic (exact) mass is 279 g/mol. The normalized spacial score (nSPS) is 10.1. The van der Waals surface area contributed by atoms with Crippen LogP contribution in [0, 0.1) is 0 Å². The van der Waals surface area contributed by atoms with Crippen molar-refractivity contribution in [2.45, 2.75) is 12.8 Å². The second-order valence-corrected chi connectivity index (χ2v) is 4.36. The van der Waals surface area contributed by atoms with Crippen molar-refractivity contribution in [3.8, 4) is 0 Å². The van der Waals surface area contributed by atoms with Gasteiger partial charge in [-0.15, -0.1) is 0 Å². The third-order valence-electron chi connectivity index (χ3n) is 2.67. The van der Waals surface area contributed by atoms with Crippen LogP contribution in [0.15, 0.2) is 24.3 Å². The Balaban J connectivity index is 2.19. The van der Waals surface area contributed by atoms with Crippen LogP contribution in [0.2, 0.25) is 0 Å². The molecule has 0 fully saturated rings. The Kier molecular flexibility index (Phi) is 7.13. The number of anilines is 1. The van der Waals surface area contributed by atoms with Gasteiger partial charge in [0.15, 0.2) is 0 Å². The van der Waals surface area contributed by atoms with Gasteiger partial charge in [-0.3, -0.25) is 9.59 Å². The highest BCUT2D eigenvalue weighted by Gasteiger charge is 2.05. The van der Waals surface area contributed by atoms with E-state index in [4.69, 9.17) is 10.5 Å². The van der Waals surface area contributed by atoms with Crippen LogP contribution < -0.4 is 16.4 Å². The van der Waals surface area contributed by atoms with Crippen molar-refractivity contribution in [3.63, 3.8) is 0 Å². The SMILES string of the molecule is COCCNC(=O)CNC(=O)CCc1cccc(N)c1. The summed E-state index contributed by atoms with van der Waals surface area (Å²) in [6.07, 6.45) is 0.928. The summed E-state index contributed by atoms with van der Waals surface area (Å²) in [5.41, 5.74) is 7.34. The van der Waals surface area contributed by atoms with Crippen molar-refractivity contribution < 1.29 is 14.3 Å². The smallest absolute Gasteiger partial charge is 0.239 e. The van der Waals surface area contributed by atoms with E-state index in [1.807, 2.05) is 18.2 Å². The minimum Gasteiger partial charge on any atom is -0.399 e. The van der Waals surface area contributed by atoms with E-state index < -0.39 is 0 Å². The summed E-state index contributed by atoms with van der Waals surface area (Å²) in [6, 6.07) is 7.41. The van der Waals surface area contributed by atoms with Crippen LogP contribution >= 0.6 is 0 Å². The van der Waals surface area contributed by atoms with Gasteiger partial charge in [0.05, 0.1) is 13.2 Å². The maximum Gasteiger partial charge on any atom is 0.239 e. The molecule has 6 heteroatoms. The Morgan fingerprint density at radius 1 is 1.25 bits per heavy atom. The lowest BCUT2D eigenvalue weighted by atomic mass is 10.1. The molecule has 0 saturated carbocycles. The second kappa shape index (κ2) is 8.92. The van der Waals surface area contributed by atoms with Crippen molar-refractivity contribution in [1.29, 1.82) is 0 Å². The second-order valence-electron chi connectivity index (χ2n) is 4.36. The van der Waals surface area contributed by atoms with E-state index in [1.54, 1.807) is 13.2 Å². The molecule has 0 saturated heterocycles. The molecule has 0 atom stereocenters. The number of methoxy groups -OCH3 is 1. The van der Waals surface area contributed by atoms with Gasteiger partial charge >= 0.3 is 0 Å². The molecule has 4 N–H and O–H groups in total. The first-order valence-electron chi connectivity index (χ1n) is 6.48. The molecule has 20 heavy (non-hydrogen) atoms. The van der Waals surface area contributed by atoms with Crippen LogP contribution in [0.5, 0.6) is 0 Å². The van der Waals surface area contributed by atoms with Crippen LogP contribution in [0.25, 0.3) is 0 Å². The van der Waals surface area contributed by atoms with Crippen molar-refractivity contribution in [1.82, 2.24) is 10.6 Å². The summed E-state index contributed by atoms with van der Waals surface area (Å²) in [5, 5.41) is 5.20. The largest absolute Gasteiger partial charge is 0.399 e. The average molecular weight is 279 g/mol. The lowest BCUT2D eigenvalue weighted by molar-refractivity contribution is -0.126. The lowest BCUT2D eigenvalue weighted by Crippen LogP contribution is -2.38. The van der Waals surface area contributed by atoms with Crippen molar-refractivity contribution in [2.24, 2.45) is 0 Å². The fourth-order valence-corrected chi connectivity index (χ4v) is 1.63. The molecular formula is C14H21N3O3. The minimum absolute atomic E-state index is 0.0144. The summed E-state index contributed by atoms with van der Waals surface area (Å²) < 4.78 is 4.80. The third-order valence-corrected chi connectivity index (χ3v) is 2.67. The Bertz CT molecular complexity index is 449. The molecule has 110 valence electrons. The molecule has 2 amide bonds. The summed E-state index contributed by atoms with van der Waals surface area (Å²) in [6.45, 7) is 0.878. The minimum atomic E-state index is -0.223. The first kappa shape index (κ1) is 16.0. The number of hydrogen-bond donors (Lipinski definition) is 3. The number of benzene rings is 1. The summed E-state index contributed by atoms with van der Waals surface area (Å²) in [5.74, 6) is -0.381. The standard InChI is InChI=1S/C14H21N3O3/c1-20-8-7-16-14(19)10-17-13(18)6-5-11-3-2-4-12(15)9-11/h2-4,9H,5-8,10,15H2,1H3,(H,16,19)(H,17,18). The Hall–Kier alpha value is -2.08. The van der Waals surface area contributed by atoms with Gasteiger partial charge < -0.3 is 21.1 Å². The molecular weight excluding hydrogens is 258 g/mol. The van der Waals surface area contributed by atoms with Gasteiger partial charge in [-0.05, 0) is 24.1 Å². The van der Waals surface area contributed by atoms with Gasteiger partial charge in [-0.1, -0.05) is 12.1 Å². The van der Waals surface area contributed by atoms with Crippen molar-refractivity contribution in [3.05, 3.63) is 29.8 Å². The Morgan fingerprint density at radius 2 is 2.05 bits per heavy atom. The molecule has 0 unspecified atom stereocenters. The molecule has 0 bridgehead atoms. The van der Waals surface area contributed by atoms with Crippen LogP contribution in [0.4, 0.5) is 5.69 Å². The van der Waals surface area contributed by atoms with Gasteiger partial charge in [0.1, 0.15) is 0 Å². The first-order chi connectivity index (χ1) is 9.61. The van der Waals surface area contributed by atoms with Crippen LogP contribution in [-0.4, -0.2) is 38.6 Å². The number of carbonyl (C=O) groups excluding carboxylic acids is 2. The number of nitrogen functional groups attached to an aromatic ring is 1. The first-order valence-corrected chi connectivity index (χ1v) is 6.48. The van der Waals surface area contributed by atoms with E-state index in [2.05, 4.69) is 10.6 Å². The average Bonchev–Trinajstić information content (AvgIpc) is 2.43. The summed E-state index contributed by atoms with van der Waals surface area (Å²) in [4.78, 5) is 22.9. The van der Waals surface area contributed by atoms with E-state index in [9.17, 15) is 9.59 Å². The highest BCUT2D eigenvalue weighted by Crippen LogP contribution is 2.08. The molecule has 1 rings (SSSR count). The van der Waals surface area contributed by atoms with Crippen LogP contribution in [0.1, 0.15) is 12.0 Å². The fourth-order valence-electron chi connectivity index (χ4n) is 1.63. The van der Waals surface area contributed by atoms with Gasteiger partial charge in [-0.25, -0.2) is 0 Å². The van der Waals surface area contributed by atoms with E-state index in [1.165, 1.54) is 0 Å². The molecule has 0 aliphatic carbocycles. The number of carbonyl (C=O) groups is 2. The Labute approximate surface area is 118 Å². The third kappa shape index (κ3) is 6.75. The predicted molar refractivity (Wildman–Crippen MR) is 77.1 cm³/mol. The van der Waals surface area contributed by atoms with Crippen molar-refractivity contribution >= 4 is 17.5 Å². The van der Waals surface area contributed by atoms with Crippen LogP contribution in [0.3, 0.4) is 0 Å². The molecule has 1 aromatic rings. The topological polar surface area (TPSA) is 93.5 Å². The lowest BCUT2D eigenvalue weighted by Gasteiger charge is -2.07. The predicted octanol–water partition coefficient (Wildman–Crippen LogP) is 0.0802. The van der Waals surface area contributed by atoms with Gasteiger partial charge in [0.2, 0.25) is 11.8 Å². The molecule has 0 spiro atoms. The zero-order chi connectivity index (χ0) is 14.8. The number of nitrogens with two attached hydrogens (primary N) is 1. The van der Waals surface area contributed by atoms with E-state index in [0.29, 0.717) is 31.7 Å². The molecule has 0 aromatic heterocycles. The number of nitrogens with one attached hydrogen (secondary N) is 2. The zero-order valence-corrected chi connectivity index (χ0v) is 11.6. The van der Waals surface area contributed by atoms with E-state index >= 15 is 0 Å². The number of rotatable bonds is 8. The van der Waals surface area contributed by atoms with Gasteiger partial charge in [0, 0.05) is 25.8 Å². The van der Waals surface area contributed by atoms with Gasteiger partial charge in [-0.2, -0.15) is 0 Å². The molecule has 1 aromatic carbocycles. The summed E-state index contributed by atoms with van der Waals surface area (Å²) >= 11 is 0. The highest BCUT2D eigenvalue weighted by molar-refractivity contribution is 5.84. The van der Waals surface area contributed by atoms with Crippen molar-refractivity contribution in [2.75, 3.05) is 32.5 Å². The highest BCUT2D eigenvalue weighted by atomic mass is 16.5.